The molecule has 0 bridgehead atoms. The number of para-hydroxylation sites is 1. The van der Waals surface area contributed by atoms with Gasteiger partial charge in [-0.25, -0.2) is 0 Å². The van der Waals surface area contributed by atoms with Crippen molar-refractivity contribution in [1.82, 2.24) is 0 Å². The topological polar surface area (TPSA) is 20.3 Å². The molecule has 84 valence electrons. The predicted molar refractivity (Wildman–Crippen MR) is 68.4 cm³/mol. The van der Waals surface area contributed by atoms with Crippen LogP contribution in [-0.4, -0.2) is 12.8 Å². The third-order valence-electron chi connectivity index (χ3n) is 3.23. The highest BCUT2D eigenvalue weighted by atomic mass is 16.1. The first-order valence-corrected chi connectivity index (χ1v) is 5.70. The Balaban J connectivity index is 2.26. The lowest BCUT2D eigenvalue weighted by molar-refractivity contribution is 0.103. The Morgan fingerprint density at radius 2 is 1.59 bits per heavy atom. The smallest absolute Gasteiger partial charge is 0.195 e. The van der Waals surface area contributed by atoms with E-state index < -0.39 is 0 Å². The van der Waals surface area contributed by atoms with Crippen LogP contribution in [0.15, 0.2) is 48.5 Å². The summed E-state index contributed by atoms with van der Waals surface area (Å²) in [6.45, 7) is 0.777. The number of ketones is 1. The SMILES string of the molecule is CN1Cc2ccccc2C(=O)c2ccccc21. The molecule has 17 heavy (non-hydrogen) atoms. The molecular formula is C15H13NO. The van der Waals surface area contributed by atoms with E-state index in [-0.39, 0.29) is 5.78 Å². The van der Waals surface area contributed by atoms with E-state index in [4.69, 9.17) is 0 Å². The van der Waals surface area contributed by atoms with Gasteiger partial charge in [0, 0.05) is 30.4 Å². The van der Waals surface area contributed by atoms with Crippen molar-refractivity contribution in [3.05, 3.63) is 65.2 Å². The minimum atomic E-state index is 0.126. The molecule has 0 fully saturated rings. The fourth-order valence-corrected chi connectivity index (χ4v) is 2.36. The van der Waals surface area contributed by atoms with Crippen LogP contribution in [-0.2, 0) is 6.54 Å². The van der Waals surface area contributed by atoms with Crippen LogP contribution in [0, 0.1) is 0 Å². The number of hydrogen-bond acceptors (Lipinski definition) is 2. The Hall–Kier alpha value is -2.09. The van der Waals surface area contributed by atoms with Crippen LogP contribution in [0.5, 0.6) is 0 Å². The molecule has 1 aliphatic rings. The monoisotopic (exact) mass is 223 g/mol. The third-order valence-corrected chi connectivity index (χ3v) is 3.23. The summed E-state index contributed by atoms with van der Waals surface area (Å²) in [5.41, 5.74) is 3.72. The minimum absolute atomic E-state index is 0.126. The number of nitrogens with zero attached hydrogens (tertiary/aromatic N) is 1. The molecule has 0 unspecified atom stereocenters. The van der Waals surface area contributed by atoms with E-state index in [1.807, 2.05) is 55.6 Å². The third kappa shape index (κ3) is 1.53. The summed E-state index contributed by atoms with van der Waals surface area (Å²) >= 11 is 0. The molecule has 1 heterocycles. The van der Waals surface area contributed by atoms with E-state index in [0.717, 1.165) is 28.9 Å². The van der Waals surface area contributed by atoms with Gasteiger partial charge in [0.15, 0.2) is 5.78 Å². The number of fused-ring (bicyclic) bond motifs is 2. The van der Waals surface area contributed by atoms with Crippen molar-refractivity contribution in [2.45, 2.75) is 6.54 Å². The van der Waals surface area contributed by atoms with Gasteiger partial charge in [-0.05, 0) is 17.7 Å². The zero-order valence-corrected chi connectivity index (χ0v) is 9.68. The maximum absolute atomic E-state index is 12.4. The number of hydrogen-bond donors (Lipinski definition) is 0. The Kier molecular flexibility index (Phi) is 2.22. The molecule has 3 rings (SSSR count). The van der Waals surface area contributed by atoms with Crippen LogP contribution in [0.25, 0.3) is 0 Å². The van der Waals surface area contributed by atoms with E-state index in [0.29, 0.717) is 0 Å². The van der Waals surface area contributed by atoms with Gasteiger partial charge >= 0.3 is 0 Å². The number of carbonyl (C=O) groups is 1. The van der Waals surface area contributed by atoms with Crippen molar-refractivity contribution in [2.24, 2.45) is 0 Å². The quantitative estimate of drug-likeness (QED) is 0.684. The molecule has 0 amide bonds. The van der Waals surface area contributed by atoms with Crippen LogP contribution in [0.4, 0.5) is 5.69 Å². The van der Waals surface area contributed by atoms with Crippen molar-refractivity contribution >= 4 is 11.5 Å². The first kappa shape index (κ1) is 10.1. The number of anilines is 1. The zero-order chi connectivity index (χ0) is 11.8. The fourth-order valence-electron chi connectivity index (χ4n) is 2.36. The van der Waals surface area contributed by atoms with Gasteiger partial charge in [0.25, 0.3) is 0 Å². The van der Waals surface area contributed by atoms with Crippen LogP contribution in [0.2, 0.25) is 0 Å². The molecule has 0 aliphatic carbocycles. The molecule has 2 nitrogen and oxygen atoms in total. The maximum Gasteiger partial charge on any atom is 0.195 e. The lowest BCUT2D eigenvalue weighted by atomic mass is 9.99. The molecule has 2 heteroatoms. The summed E-state index contributed by atoms with van der Waals surface area (Å²) < 4.78 is 0. The van der Waals surface area contributed by atoms with Crippen molar-refractivity contribution in [2.75, 3.05) is 11.9 Å². The first-order chi connectivity index (χ1) is 8.27. The molecule has 0 saturated carbocycles. The van der Waals surface area contributed by atoms with Crippen molar-refractivity contribution in [1.29, 1.82) is 0 Å². The van der Waals surface area contributed by atoms with Gasteiger partial charge in [-0.3, -0.25) is 4.79 Å². The Morgan fingerprint density at radius 1 is 0.941 bits per heavy atom. The predicted octanol–water partition coefficient (Wildman–Crippen LogP) is 2.87. The Morgan fingerprint density at radius 3 is 2.41 bits per heavy atom. The fraction of sp³-hybridized carbons (Fsp3) is 0.133. The second-order valence-corrected chi connectivity index (χ2v) is 4.36. The zero-order valence-electron chi connectivity index (χ0n) is 9.68. The number of carbonyl (C=O) groups excluding carboxylic acids is 1. The molecule has 2 aromatic rings. The van der Waals surface area contributed by atoms with Gasteiger partial charge in [-0.15, -0.1) is 0 Å². The highest BCUT2D eigenvalue weighted by molar-refractivity contribution is 6.13. The largest absolute Gasteiger partial charge is 0.370 e. The Labute approximate surface area is 100 Å². The minimum Gasteiger partial charge on any atom is -0.370 e. The second kappa shape index (κ2) is 3.74. The first-order valence-electron chi connectivity index (χ1n) is 5.70. The highest BCUT2D eigenvalue weighted by Crippen LogP contribution is 2.29. The molecule has 0 N–H and O–H groups in total. The highest BCUT2D eigenvalue weighted by Gasteiger charge is 2.22. The summed E-state index contributed by atoms with van der Waals surface area (Å²) in [5.74, 6) is 0.126. The average Bonchev–Trinajstić information content (AvgIpc) is 2.48. The summed E-state index contributed by atoms with van der Waals surface area (Å²) in [6, 6.07) is 15.6. The normalized spacial score (nSPS) is 13.9. The molecule has 2 aromatic carbocycles. The van der Waals surface area contributed by atoms with Crippen LogP contribution in [0.3, 0.4) is 0 Å². The van der Waals surface area contributed by atoms with E-state index in [2.05, 4.69) is 4.90 Å². The van der Waals surface area contributed by atoms with E-state index in [1.165, 1.54) is 0 Å². The van der Waals surface area contributed by atoms with Gasteiger partial charge in [0.2, 0.25) is 0 Å². The van der Waals surface area contributed by atoms with Crippen LogP contribution >= 0.6 is 0 Å². The van der Waals surface area contributed by atoms with E-state index in [9.17, 15) is 4.79 Å². The molecule has 1 aliphatic heterocycles. The summed E-state index contributed by atoms with van der Waals surface area (Å²) in [7, 11) is 2.02. The van der Waals surface area contributed by atoms with Crippen molar-refractivity contribution in [3.8, 4) is 0 Å². The van der Waals surface area contributed by atoms with E-state index >= 15 is 0 Å². The summed E-state index contributed by atoms with van der Waals surface area (Å²) in [5, 5.41) is 0. The van der Waals surface area contributed by atoms with E-state index in [1.54, 1.807) is 0 Å². The standard InChI is InChI=1S/C15H13NO/c1-16-10-11-6-2-3-7-12(11)15(17)13-8-4-5-9-14(13)16/h2-9H,10H2,1H3. The van der Waals surface area contributed by atoms with Gasteiger partial charge in [-0.2, -0.15) is 0 Å². The lowest BCUT2D eigenvalue weighted by Crippen LogP contribution is -2.16. The van der Waals surface area contributed by atoms with Gasteiger partial charge in [0.1, 0.15) is 0 Å². The second-order valence-electron chi connectivity index (χ2n) is 4.36. The van der Waals surface area contributed by atoms with Gasteiger partial charge in [-0.1, -0.05) is 36.4 Å². The number of rotatable bonds is 0. The molecular weight excluding hydrogens is 210 g/mol. The molecule has 0 saturated heterocycles. The average molecular weight is 223 g/mol. The summed E-state index contributed by atoms with van der Waals surface area (Å²) in [4.78, 5) is 14.6. The number of benzene rings is 2. The van der Waals surface area contributed by atoms with Crippen LogP contribution < -0.4 is 4.90 Å². The van der Waals surface area contributed by atoms with Crippen molar-refractivity contribution in [3.63, 3.8) is 0 Å². The molecule has 0 radical (unpaired) electrons. The Bertz CT molecular complexity index is 589. The molecule has 0 aromatic heterocycles. The van der Waals surface area contributed by atoms with Crippen LogP contribution in [0.1, 0.15) is 21.5 Å². The molecule has 0 atom stereocenters. The van der Waals surface area contributed by atoms with Crippen molar-refractivity contribution < 1.29 is 4.79 Å². The maximum atomic E-state index is 12.4. The molecule has 0 spiro atoms. The van der Waals surface area contributed by atoms with Gasteiger partial charge in [0.05, 0.1) is 0 Å². The van der Waals surface area contributed by atoms with Gasteiger partial charge < -0.3 is 4.90 Å². The summed E-state index contributed by atoms with van der Waals surface area (Å²) in [6.07, 6.45) is 0. The lowest BCUT2D eigenvalue weighted by Gasteiger charge is -2.18.